The number of likely N-dealkylation sites (N-methyl/N-ethyl adjacent to an activating group) is 1. The standard InChI is InChI=1S/C27H36N2O3.H2S/c1-18-11-20-7-10-29(27(30)15-21(20)12-19(18)2)9-6-8-28(3)17-23-13-22-14-25(31-4)26(32-5)16-24(22)23;/h11-12,14,16,23H,6-10,13,15,17H2,1-5H3;1H2. The summed E-state index contributed by atoms with van der Waals surface area (Å²) in [6, 6.07) is 8.72. The molecule has 0 saturated carbocycles. The van der Waals surface area contributed by atoms with Crippen LogP contribution in [-0.4, -0.2) is 63.2 Å². The average Bonchev–Trinajstić information content (AvgIpc) is 2.90. The van der Waals surface area contributed by atoms with Gasteiger partial charge in [-0.25, -0.2) is 0 Å². The van der Waals surface area contributed by atoms with E-state index in [0.29, 0.717) is 12.3 Å². The van der Waals surface area contributed by atoms with Crippen molar-refractivity contribution in [2.45, 2.75) is 45.4 Å². The SMILES string of the molecule is COc1cc2c(cc1OC)C(CN(C)CCCN1CCc3cc(C)c(C)cc3CC1=O)C2.S. The van der Waals surface area contributed by atoms with Crippen molar-refractivity contribution in [2.24, 2.45) is 0 Å². The summed E-state index contributed by atoms with van der Waals surface area (Å²) in [5, 5.41) is 0. The summed E-state index contributed by atoms with van der Waals surface area (Å²) in [7, 11) is 5.56. The fourth-order valence-corrected chi connectivity index (χ4v) is 5.12. The summed E-state index contributed by atoms with van der Waals surface area (Å²) in [6.07, 6.45) is 3.59. The second-order valence-electron chi connectivity index (χ2n) is 9.44. The quantitative estimate of drug-likeness (QED) is 0.584. The molecule has 6 heteroatoms. The summed E-state index contributed by atoms with van der Waals surface area (Å²) in [6.45, 7) is 7.97. The first kappa shape index (κ1) is 25.4. The zero-order valence-electron chi connectivity index (χ0n) is 20.7. The van der Waals surface area contributed by atoms with Crippen LogP contribution in [-0.2, 0) is 24.1 Å². The van der Waals surface area contributed by atoms with Gasteiger partial charge in [0.05, 0.1) is 20.6 Å². The maximum atomic E-state index is 12.8. The van der Waals surface area contributed by atoms with Crippen molar-refractivity contribution in [1.29, 1.82) is 0 Å². The number of hydrogen-bond acceptors (Lipinski definition) is 4. The van der Waals surface area contributed by atoms with Crippen LogP contribution in [0.5, 0.6) is 11.5 Å². The zero-order valence-corrected chi connectivity index (χ0v) is 21.7. The average molecular weight is 471 g/mol. The van der Waals surface area contributed by atoms with Gasteiger partial charge in [0, 0.05) is 25.6 Å². The van der Waals surface area contributed by atoms with Gasteiger partial charge in [0.1, 0.15) is 0 Å². The molecule has 0 radical (unpaired) electrons. The lowest BCUT2D eigenvalue weighted by Crippen LogP contribution is -2.36. The Hall–Kier alpha value is -2.18. The topological polar surface area (TPSA) is 42.0 Å². The molecule has 1 aliphatic carbocycles. The molecular formula is C27H38N2O3S. The molecule has 0 N–H and O–H groups in total. The number of nitrogens with zero attached hydrogens (tertiary/aromatic N) is 2. The maximum Gasteiger partial charge on any atom is 0.227 e. The van der Waals surface area contributed by atoms with Crippen LogP contribution in [0.25, 0.3) is 0 Å². The number of aryl methyl sites for hydroxylation is 2. The molecule has 4 rings (SSSR count). The highest BCUT2D eigenvalue weighted by Crippen LogP contribution is 2.42. The van der Waals surface area contributed by atoms with Crippen LogP contribution in [0.1, 0.15) is 45.7 Å². The lowest BCUT2D eigenvalue weighted by Gasteiger charge is -2.34. The van der Waals surface area contributed by atoms with Crippen molar-refractivity contribution in [3.05, 3.63) is 57.6 Å². The van der Waals surface area contributed by atoms with Crippen LogP contribution in [0.15, 0.2) is 24.3 Å². The van der Waals surface area contributed by atoms with Crippen molar-refractivity contribution in [2.75, 3.05) is 47.4 Å². The molecule has 5 nitrogen and oxygen atoms in total. The molecule has 1 amide bonds. The monoisotopic (exact) mass is 470 g/mol. The Kier molecular flexibility index (Phi) is 8.35. The van der Waals surface area contributed by atoms with Crippen molar-refractivity contribution < 1.29 is 14.3 Å². The third-order valence-corrected chi connectivity index (χ3v) is 7.21. The van der Waals surface area contributed by atoms with Gasteiger partial charge in [0.15, 0.2) is 11.5 Å². The lowest BCUT2D eigenvalue weighted by atomic mass is 9.77. The Morgan fingerprint density at radius 3 is 2.36 bits per heavy atom. The molecule has 1 atom stereocenters. The molecule has 0 saturated heterocycles. The first-order valence-corrected chi connectivity index (χ1v) is 11.7. The van der Waals surface area contributed by atoms with E-state index < -0.39 is 0 Å². The Balaban J connectivity index is 0.00000306. The number of amides is 1. The molecule has 0 spiro atoms. The number of fused-ring (bicyclic) bond motifs is 2. The third-order valence-electron chi connectivity index (χ3n) is 7.21. The summed E-state index contributed by atoms with van der Waals surface area (Å²) >= 11 is 0. The molecule has 1 heterocycles. The number of ether oxygens (including phenoxy) is 2. The predicted octanol–water partition coefficient (Wildman–Crippen LogP) is 4.02. The van der Waals surface area contributed by atoms with Crippen molar-refractivity contribution in [1.82, 2.24) is 9.80 Å². The maximum absolute atomic E-state index is 12.8. The highest BCUT2D eigenvalue weighted by molar-refractivity contribution is 7.59. The van der Waals surface area contributed by atoms with Gasteiger partial charge in [-0.15, -0.1) is 0 Å². The minimum atomic E-state index is 0. The summed E-state index contributed by atoms with van der Waals surface area (Å²) < 4.78 is 10.9. The van der Waals surface area contributed by atoms with Crippen LogP contribution in [0, 0.1) is 13.8 Å². The van der Waals surface area contributed by atoms with E-state index in [1.54, 1.807) is 14.2 Å². The van der Waals surface area contributed by atoms with Crippen molar-refractivity contribution >= 4 is 19.4 Å². The molecule has 33 heavy (non-hydrogen) atoms. The van der Waals surface area contributed by atoms with Gasteiger partial charge in [-0.2, -0.15) is 13.5 Å². The number of methoxy groups -OCH3 is 2. The molecule has 0 aromatic heterocycles. The first-order valence-electron chi connectivity index (χ1n) is 11.7. The minimum Gasteiger partial charge on any atom is -0.493 e. The fourth-order valence-electron chi connectivity index (χ4n) is 5.12. The van der Waals surface area contributed by atoms with Crippen LogP contribution in [0.3, 0.4) is 0 Å². The van der Waals surface area contributed by atoms with E-state index in [-0.39, 0.29) is 19.4 Å². The molecule has 1 unspecified atom stereocenters. The second kappa shape index (κ2) is 10.8. The summed E-state index contributed by atoms with van der Waals surface area (Å²) in [5.41, 5.74) is 7.90. The van der Waals surface area contributed by atoms with Crippen molar-refractivity contribution in [3.63, 3.8) is 0 Å². The molecule has 180 valence electrons. The van der Waals surface area contributed by atoms with Crippen LogP contribution in [0.4, 0.5) is 0 Å². The predicted molar refractivity (Wildman–Crippen MR) is 138 cm³/mol. The summed E-state index contributed by atoms with van der Waals surface area (Å²) in [5.74, 6) is 2.43. The molecule has 2 aromatic carbocycles. The Bertz CT molecular complexity index is 1010. The largest absolute Gasteiger partial charge is 0.493 e. The van der Waals surface area contributed by atoms with E-state index in [2.05, 4.69) is 55.0 Å². The Morgan fingerprint density at radius 2 is 1.67 bits per heavy atom. The smallest absolute Gasteiger partial charge is 0.227 e. The first-order chi connectivity index (χ1) is 15.4. The van der Waals surface area contributed by atoms with E-state index in [4.69, 9.17) is 9.47 Å². The molecular weight excluding hydrogens is 432 g/mol. The fraction of sp³-hybridized carbons (Fsp3) is 0.519. The molecule has 1 aliphatic heterocycles. The minimum absolute atomic E-state index is 0. The van der Waals surface area contributed by atoms with E-state index in [1.165, 1.54) is 33.4 Å². The highest BCUT2D eigenvalue weighted by atomic mass is 32.1. The zero-order chi connectivity index (χ0) is 22.8. The van der Waals surface area contributed by atoms with Crippen LogP contribution < -0.4 is 9.47 Å². The Morgan fingerprint density at radius 1 is 1.00 bits per heavy atom. The second-order valence-corrected chi connectivity index (χ2v) is 9.44. The Labute approximate surface area is 205 Å². The molecule has 0 bridgehead atoms. The third kappa shape index (κ3) is 5.49. The van der Waals surface area contributed by atoms with Gasteiger partial charge in [0.25, 0.3) is 0 Å². The van der Waals surface area contributed by atoms with Gasteiger partial charge in [-0.1, -0.05) is 12.1 Å². The normalized spacial score (nSPS) is 17.0. The van der Waals surface area contributed by atoms with E-state index in [0.717, 1.165) is 56.9 Å². The molecule has 2 aromatic rings. The summed E-state index contributed by atoms with van der Waals surface area (Å²) in [4.78, 5) is 17.3. The number of hydrogen-bond donors (Lipinski definition) is 0. The van der Waals surface area contributed by atoms with Gasteiger partial charge in [-0.05, 0) is 92.2 Å². The van der Waals surface area contributed by atoms with Crippen LogP contribution >= 0.6 is 13.5 Å². The van der Waals surface area contributed by atoms with E-state index >= 15 is 0 Å². The lowest BCUT2D eigenvalue weighted by molar-refractivity contribution is -0.130. The van der Waals surface area contributed by atoms with Crippen LogP contribution in [0.2, 0.25) is 0 Å². The highest BCUT2D eigenvalue weighted by Gasteiger charge is 2.29. The molecule has 2 aliphatic rings. The molecule has 0 fully saturated rings. The number of rotatable bonds is 8. The number of carbonyl (C=O) groups excluding carboxylic acids is 1. The number of benzene rings is 2. The van der Waals surface area contributed by atoms with E-state index in [1.807, 2.05) is 0 Å². The van der Waals surface area contributed by atoms with Gasteiger partial charge < -0.3 is 19.3 Å². The van der Waals surface area contributed by atoms with Gasteiger partial charge in [0.2, 0.25) is 5.91 Å². The number of carbonyl (C=O) groups is 1. The van der Waals surface area contributed by atoms with E-state index in [9.17, 15) is 4.79 Å². The van der Waals surface area contributed by atoms with Crippen molar-refractivity contribution in [3.8, 4) is 11.5 Å². The van der Waals surface area contributed by atoms with Gasteiger partial charge >= 0.3 is 0 Å². The van der Waals surface area contributed by atoms with Gasteiger partial charge in [-0.3, -0.25) is 4.79 Å².